The lowest BCUT2D eigenvalue weighted by Crippen LogP contribution is -2.40. The molecule has 2 heteroatoms. The summed E-state index contributed by atoms with van der Waals surface area (Å²) >= 11 is 0. The van der Waals surface area contributed by atoms with Gasteiger partial charge in [-0.25, -0.2) is 0 Å². The third-order valence-corrected chi connectivity index (χ3v) is 16.8. The second kappa shape index (κ2) is 12.7. The maximum Gasteiger partial charge on any atom is 0.124 e. The predicted octanol–water partition coefficient (Wildman–Crippen LogP) is 13.2. The first-order valence-electron chi connectivity index (χ1n) is 22.8. The first-order valence-corrected chi connectivity index (χ1v) is 22.8. The van der Waals surface area contributed by atoms with E-state index in [-0.39, 0.29) is 11.5 Å². The smallest absolute Gasteiger partial charge is 0.124 e. The average Bonchev–Trinajstić information content (AvgIpc) is 4.05. The van der Waals surface area contributed by atoms with Gasteiger partial charge in [0.1, 0.15) is 23.4 Å². The van der Waals surface area contributed by atoms with Gasteiger partial charge in [0, 0.05) is 59.5 Å². The van der Waals surface area contributed by atoms with Gasteiger partial charge in [0.05, 0.1) is 0 Å². The van der Waals surface area contributed by atoms with Crippen LogP contribution in [0.1, 0.15) is 139 Å². The highest BCUT2D eigenvalue weighted by molar-refractivity contribution is 5.72. The molecule has 1 aromatic heterocycles. The quantitative estimate of drug-likeness (QED) is 0.266. The van der Waals surface area contributed by atoms with Crippen molar-refractivity contribution in [2.24, 2.45) is 23.7 Å². The van der Waals surface area contributed by atoms with Crippen LogP contribution >= 0.6 is 0 Å². The molecule has 9 aliphatic carbocycles. The van der Waals surface area contributed by atoms with Crippen LogP contribution in [-0.2, 0) is 29.4 Å². The van der Waals surface area contributed by atoms with Crippen LogP contribution in [0.4, 0.5) is 0 Å². The molecule has 0 radical (unpaired) electrons. The van der Waals surface area contributed by atoms with Gasteiger partial charge in [0.15, 0.2) is 0 Å². The van der Waals surface area contributed by atoms with Gasteiger partial charge >= 0.3 is 0 Å². The Labute approximate surface area is 338 Å². The van der Waals surface area contributed by atoms with Crippen LogP contribution in [0.2, 0.25) is 0 Å². The molecule has 0 N–H and O–H groups in total. The van der Waals surface area contributed by atoms with Gasteiger partial charge in [-0.1, -0.05) is 133 Å². The topological polar surface area (TPSA) is 22.4 Å². The zero-order chi connectivity index (χ0) is 37.2. The molecule has 2 nitrogen and oxygen atoms in total. The molecule has 2 aromatic carbocycles. The van der Waals surface area contributed by atoms with E-state index in [1.54, 1.807) is 44.5 Å². The van der Waals surface area contributed by atoms with E-state index in [0.29, 0.717) is 41.4 Å². The molecule has 57 heavy (non-hydrogen) atoms. The van der Waals surface area contributed by atoms with Crippen LogP contribution in [0.15, 0.2) is 130 Å². The SMILES string of the molecule is C1=CC2c3ccccc3C3(CCCC3)C2C(C2c3cccc(C4C=Cc5c(oc6c5C=CCC6)C4)c3CC3C(C4CC=C5C6=C(CCCC6)O[C@@H]5C4)=CC=CC32)=C1. The minimum absolute atomic E-state index is 0.242. The van der Waals surface area contributed by atoms with Crippen molar-refractivity contribution >= 4 is 12.2 Å². The molecule has 0 bridgehead atoms. The molecule has 13 rings (SSSR count). The summed E-state index contributed by atoms with van der Waals surface area (Å²) in [5, 5.41) is 0. The maximum atomic E-state index is 6.82. The van der Waals surface area contributed by atoms with Crippen molar-refractivity contribution in [3.8, 4) is 0 Å². The fraction of sp³-hybridized carbons (Fsp3) is 0.418. The average molecular weight is 747 g/mol. The van der Waals surface area contributed by atoms with E-state index in [9.17, 15) is 0 Å². The number of allylic oxidation sites excluding steroid dienone is 12. The van der Waals surface area contributed by atoms with E-state index in [4.69, 9.17) is 9.15 Å². The molecule has 0 amide bonds. The van der Waals surface area contributed by atoms with Gasteiger partial charge in [-0.2, -0.15) is 0 Å². The molecule has 10 aliphatic rings. The van der Waals surface area contributed by atoms with Crippen molar-refractivity contribution in [1.82, 2.24) is 0 Å². The summed E-state index contributed by atoms with van der Waals surface area (Å²) in [6, 6.07) is 17.1. The van der Waals surface area contributed by atoms with Gasteiger partial charge in [0.25, 0.3) is 0 Å². The van der Waals surface area contributed by atoms with Crippen LogP contribution in [-0.4, -0.2) is 6.10 Å². The lowest BCUT2D eigenvalue weighted by molar-refractivity contribution is 0.128. The van der Waals surface area contributed by atoms with E-state index in [0.717, 1.165) is 44.9 Å². The van der Waals surface area contributed by atoms with Crippen molar-refractivity contribution in [3.05, 3.63) is 176 Å². The summed E-state index contributed by atoms with van der Waals surface area (Å²) in [4.78, 5) is 0. The van der Waals surface area contributed by atoms with E-state index < -0.39 is 0 Å². The largest absolute Gasteiger partial charge is 0.490 e. The monoisotopic (exact) mass is 746 g/mol. The summed E-state index contributed by atoms with van der Waals surface area (Å²) in [6.07, 6.45) is 44.4. The Bertz CT molecular complexity index is 2460. The number of aryl methyl sites for hydroxylation is 1. The number of furan rings is 1. The van der Waals surface area contributed by atoms with Crippen LogP contribution < -0.4 is 0 Å². The first kappa shape index (κ1) is 33.4. The van der Waals surface area contributed by atoms with Gasteiger partial charge in [0.2, 0.25) is 0 Å². The number of hydrogen-bond donors (Lipinski definition) is 0. The Kier molecular flexibility index (Phi) is 7.46. The number of rotatable bonds is 3. The Morgan fingerprint density at radius 3 is 2.53 bits per heavy atom. The molecular formula is C55H54O2. The highest BCUT2D eigenvalue weighted by atomic mass is 16.5. The molecule has 3 aromatic rings. The second-order valence-corrected chi connectivity index (χ2v) is 19.3. The van der Waals surface area contributed by atoms with Crippen LogP contribution in [0.25, 0.3) is 12.2 Å². The van der Waals surface area contributed by atoms with Crippen molar-refractivity contribution in [1.29, 1.82) is 0 Å². The Hall–Kier alpha value is -4.56. The molecule has 286 valence electrons. The zero-order valence-corrected chi connectivity index (χ0v) is 33.2. The van der Waals surface area contributed by atoms with E-state index in [1.165, 1.54) is 78.9 Å². The van der Waals surface area contributed by atoms with Gasteiger partial charge < -0.3 is 9.15 Å². The first-order chi connectivity index (χ1) is 28.2. The minimum Gasteiger partial charge on any atom is -0.490 e. The maximum absolute atomic E-state index is 6.82. The van der Waals surface area contributed by atoms with Crippen molar-refractivity contribution in [3.63, 3.8) is 0 Å². The predicted molar refractivity (Wildman–Crippen MR) is 230 cm³/mol. The molecule has 8 atom stereocenters. The Morgan fingerprint density at radius 2 is 1.56 bits per heavy atom. The normalized spacial score (nSPS) is 33.2. The summed E-state index contributed by atoms with van der Waals surface area (Å²) in [7, 11) is 0. The van der Waals surface area contributed by atoms with Crippen molar-refractivity contribution in [2.75, 3.05) is 0 Å². The minimum atomic E-state index is 0.242. The Balaban J connectivity index is 0.926. The lowest BCUT2D eigenvalue weighted by atomic mass is 9.55. The third-order valence-electron chi connectivity index (χ3n) is 16.8. The summed E-state index contributed by atoms with van der Waals surface area (Å²) in [5.41, 5.74) is 17.4. The van der Waals surface area contributed by atoms with Gasteiger partial charge in [-0.05, 0) is 115 Å². The van der Waals surface area contributed by atoms with Crippen molar-refractivity contribution in [2.45, 2.75) is 119 Å². The molecule has 1 spiro atoms. The number of ether oxygens (including phenoxy) is 1. The zero-order valence-electron chi connectivity index (χ0n) is 33.2. The highest BCUT2D eigenvalue weighted by Gasteiger charge is 2.57. The molecule has 1 saturated carbocycles. The Morgan fingerprint density at radius 1 is 0.719 bits per heavy atom. The summed E-state index contributed by atoms with van der Waals surface area (Å²) in [5.74, 6) is 6.83. The highest BCUT2D eigenvalue weighted by Crippen LogP contribution is 2.66. The van der Waals surface area contributed by atoms with Crippen LogP contribution in [0.5, 0.6) is 0 Å². The molecule has 2 heterocycles. The number of hydrogen-bond acceptors (Lipinski definition) is 2. The molecule has 0 saturated heterocycles. The van der Waals surface area contributed by atoms with Gasteiger partial charge in [-0.3, -0.25) is 0 Å². The number of benzene rings is 2. The standard InChI is InChI=1S/C55H54O2/c1-4-21-48-37(12-1)44-19-11-20-45(54(44)55(48)28-7-8-29-55)53-42-17-9-15-35(33-24-26-40-38-13-2-5-22-49(38)56-51(40)30-33)46(42)32-47-36(16-10-18-43(47)53)34-25-27-41-39-14-3-6-23-50(39)57-52(41)31-34/h1-2,4,9-13,15-21,24,26-27,33-34,43-44,47,52-54H,3,5-8,14,22-23,25,28-32H2/t33?,34?,43?,44?,47?,52-,53?,54?/m1/s1. The fourth-order valence-corrected chi connectivity index (χ4v) is 14.5. The van der Waals surface area contributed by atoms with E-state index in [1.807, 2.05) is 0 Å². The molecule has 1 fully saturated rings. The molecule has 1 aliphatic heterocycles. The summed E-state index contributed by atoms with van der Waals surface area (Å²) in [6.45, 7) is 0. The van der Waals surface area contributed by atoms with Crippen LogP contribution in [0.3, 0.4) is 0 Å². The fourth-order valence-electron chi connectivity index (χ4n) is 14.5. The lowest BCUT2D eigenvalue weighted by Gasteiger charge is -2.49. The van der Waals surface area contributed by atoms with Gasteiger partial charge in [-0.15, -0.1) is 0 Å². The van der Waals surface area contributed by atoms with Crippen molar-refractivity contribution < 1.29 is 9.15 Å². The van der Waals surface area contributed by atoms with E-state index >= 15 is 0 Å². The van der Waals surface area contributed by atoms with Crippen LogP contribution in [0, 0.1) is 23.7 Å². The molecular weight excluding hydrogens is 693 g/mol. The second-order valence-electron chi connectivity index (χ2n) is 19.3. The summed E-state index contributed by atoms with van der Waals surface area (Å²) < 4.78 is 13.5. The van der Waals surface area contributed by atoms with E-state index in [2.05, 4.69) is 109 Å². The third kappa shape index (κ3) is 4.82. The molecule has 7 unspecified atom stereocenters. The number of fused-ring (bicyclic) bond motifs is 12.